The Morgan fingerprint density at radius 3 is 1.27 bits per heavy atom. The fourth-order valence-electron chi connectivity index (χ4n) is 8.13. The molecule has 0 bridgehead atoms. The number of hydrogen-bond acceptors (Lipinski definition) is 0. The third-order valence-electron chi connectivity index (χ3n) is 11.5. The van der Waals surface area contributed by atoms with Crippen LogP contribution in [0.3, 0.4) is 0 Å². The summed E-state index contributed by atoms with van der Waals surface area (Å²) >= 11 is 0. The molecule has 0 N–H and O–H groups in total. The van der Waals surface area contributed by atoms with Crippen molar-refractivity contribution in [3.63, 3.8) is 0 Å². The van der Waals surface area contributed by atoms with E-state index in [0.29, 0.717) is 0 Å². The van der Waals surface area contributed by atoms with Crippen LogP contribution in [0, 0.1) is 13.8 Å². The van der Waals surface area contributed by atoms with E-state index in [4.69, 9.17) is 0 Å². The number of nitrogens with zero attached hydrogens (tertiary/aromatic N) is 2. The van der Waals surface area contributed by atoms with Gasteiger partial charge in [-0.05, 0) is 121 Å². The molecule has 0 aliphatic rings. The molecule has 51 heavy (non-hydrogen) atoms. The predicted molar refractivity (Wildman–Crippen MR) is 222 cm³/mol. The highest BCUT2D eigenvalue weighted by Crippen LogP contribution is 2.36. The van der Waals surface area contributed by atoms with Crippen molar-refractivity contribution in [2.45, 2.75) is 137 Å². The third kappa shape index (κ3) is 8.54. The van der Waals surface area contributed by atoms with Gasteiger partial charge in [-0.2, -0.15) is 0 Å². The molecule has 0 spiro atoms. The molecular weight excluding hydrogens is 617 g/mol. The van der Waals surface area contributed by atoms with Crippen LogP contribution in [0.5, 0.6) is 0 Å². The summed E-state index contributed by atoms with van der Waals surface area (Å²) in [6, 6.07) is 32.8. The van der Waals surface area contributed by atoms with Crippen molar-refractivity contribution >= 4 is 21.8 Å². The van der Waals surface area contributed by atoms with Crippen LogP contribution in [0.25, 0.3) is 33.2 Å². The van der Waals surface area contributed by atoms with Crippen LogP contribution in [0.1, 0.15) is 138 Å². The van der Waals surface area contributed by atoms with Gasteiger partial charge in [0.1, 0.15) is 0 Å². The van der Waals surface area contributed by atoms with Gasteiger partial charge in [0.2, 0.25) is 0 Å². The number of aromatic nitrogens is 2. The molecule has 0 aliphatic carbocycles. The SMILES string of the molecule is CCCCCCCCc1ccc2c(ccn2-c2ccc(C(C)(C)c3ccc(-n4ccc5cc(CCCCCCCC)ccc54)c(C)c3)cc2C)c1. The summed E-state index contributed by atoms with van der Waals surface area (Å²) in [5.74, 6) is 0. The number of rotatable bonds is 18. The standard InChI is InChI=1S/C49H62N2/c1-7-9-11-13-15-17-19-39-21-25-47-41(35-39)29-31-50(47)45-27-23-43(33-37(45)3)49(5,6)44-24-28-46(38(4)34-44)51-32-30-42-36-40(22-26-48(42)51)20-18-16-14-12-10-8-2/h21-36H,7-20H2,1-6H3. The van der Waals surface area contributed by atoms with E-state index in [1.54, 1.807) is 0 Å². The molecular formula is C49H62N2. The van der Waals surface area contributed by atoms with Crippen molar-refractivity contribution < 1.29 is 0 Å². The number of fused-ring (bicyclic) bond motifs is 2. The maximum atomic E-state index is 2.40. The molecule has 0 atom stereocenters. The Morgan fingerprint density at radius 1 is 0.451 bits per heavy atom. The molecule has 0 saturated heterocycles. The monoisotopic (exact) mass is 678 g/mol. The molecule has 0 amide bonds. The van der Waals surface area contributed by atoms with Crippen LogP contribution in [0.15, 0.2) is 97.3 Å². The van der Waals surface area contributed by atoms with E-state index in [-0.39, 0.29) is 5.41 Å². The zero-order valence-corrected chi connectivity index (χ0v) is 32.5. The van der Waals surface area contributed by atoms with Crippen LogP contribution in [-0.4, -0.2) is 9.13 Å². The second-order valence-electron chi connectivity index (χ2n) is 15.8. The largest absolute Gasteiger partial charge is 0.316 e. The van der Waals surface area contributed by atoms with Gasteiger partial charge in [0.15, 0.2) is 0 Å². The molecule has 4 aromatic carbocycles. The van der Waals surface area contributed by atoms with E-state index >= 15 is 0 Å². The summed E-state index contributed by atoms with van der Waals surface area (Å²) in [4.78, 5) is 0. The third-order valence-corrected chi connectivity index (χ3v) is 11.5. The first-order valence-corrected chi connectivity index (χ1v) is 20.2. The van der Waals surface area contributed by atoms with Crippen molar-refractivity contribution in [2.75, 3.05) is 0 Å². The van der Waals surface area contributed by atoms with Gasteiger partial charge in [-0.3, -0.25) is 0 Å². The number of aryl methyl sites for hydroxylation is 4. The molecule has 2 heterocycles. The minimum atomic E-state index is -0.124. The maximum absolute atomic E-state index is 2.40. The fraction of sp³-hybridized carbons (Fsp3) is 0.429. The molecule has 268 valence electrons. The lowest BCUT2D eigenvalue weighted by Crippen LogP contribution is -2.20. The van der Waals surface area contributed by atoms with Crippen molar-refractivity contribution in [1.29, 1.82) is 0 Å². The zero-order chi connectivity index (χ0) is 35.8. The maximum Gasteiger partial charge on any atom is 0.0528 e. The van der Waals surface area contributed by atoms with Crippen molar-refractivity contribution in [3.8, 4) is 11.4 Å². The lowest BCUT2D eigenvalue weighted by molar-refractivity contribution is 0.607. The predicted octanol–water partition coefficient (Wildman–Crippen LogP) is 14.3. The van der Waals surface area contributed by atoms with Gasteiger partial charge < -0.3 is 9.13 Å². The van der Waals surface area contributed by atoms with Gasteiger partial charge >= 0.3 is 0 Å². The number of benzene rings is 4. The fourth-order valence-corrected chi connectivity index (χ4v) is 8.13. The van der Waals surface area contributed by atoms with Crippen molar-refractivity contribution in [1.82, 2.24) is 9.13 Å². The van der Waals surface area contributed by atoms with Crippen molar-refractivity contribution in [3.05, 3.63) is 131 Å². The molecule has 0 fully saturated rings. The van der Waals surface area contributed by atoms with E-state index in [0.717, 1.165) is 0 Å². The average Bonchev–Trinajstić information content (AvgIpc) is 3.75. The van der Waals surface area contributed by atoms with E-state index < -0.39 is 0 Å². The Kier molecular flexibility index (Phi) is 12.2. The lowest BCUT2D eigenvalue weighted by atomic mass is 9.77. The first-order chi connectivity index (χ1) is 24.8. The summed E-state index contributed by atoms with van der Waals surface area (Å²) in [6.45, 7) is 13.8. The van der Waals surface area contributed by atoms with Gasteiger partial charge in [-0.25, -0.2) is 0 Å². The molecule has 2 nitrogen and oxygen atoms in total. The number of unbranched alkanes of at least 4 members (excludes halogenated alkanes) is 10. The van der Waals surface area contributed by atoms with E-state index in [2.05, 4.69) is 148 Å². The van der Waals surface area contributed by atoms with Gasteiger partial charge in [-0.15, -0.1) is 0 Å². The molecule has 2 aromatic heterocycles. The second kappa shape index (κ2) is 17.0. The van der Waals surface area contributed by atoms with E-state index in [9.17, 15) is 0 Å². The highest BCUT2D eigenvalue weighted by molar-refractivity contribution is 5.84. The Balaban J connectivity index is 1.14. The Morgan fingerprint density at radius 2 is 0.863 bits per heavy atom. The molecule has 0 unspecified atom stereocenters. The Hall–Kier alpha value is -4.04. The number of hydrogen-bond donors (Lipinski definition) is 0. The molecule has 6 rings (SSSR count). The first-order valence-electron chi connectivity index (χ1n) is 20.2. The lowest BCUT2D eigenvalue weighted by Gasteiger charge is -2.28. The quantitative estimate of drug-likeness (QED) is 0.0801. The van der Waals surface area contributed by atoms with Gasteiger partial charge in [-0.1, -0.05) is 128 Å². The van der Waals surface area contributed by atoms with E-state index in [1.807, 2.05) is 0 Å². The summed E-state index contributed by atoms with van der Waals surface area (Å²) in [7, 11) is 0. The molecule has 0 aliphatic heterocycles. The normalized spacial score (nSPS) is 12.0. The zero-order valence-electron chi connectivity index (χ0n) is 32.5. The Bertz CT molecular complexity index is 1890. The molecule has 2 heteroatoms. The summed E-state index contributed by atoms with van der Waals surface area (Å²) in [5, 5.41) is 2.67. The molecule has 6 aromatic rings. The second-order valence-corrected chi connectivity index (χ2v) is 15.8. The summed E-state index contributed by atoms with van der Waals surface area (Å²) in [5.41, 5.74) is 13.2. The van der Waals surface area contributed by atoms with Crippen LogP contribution < -0.4 is 0 Å². The topological polar surface area (TPSA) is 9.86 Å². The minimum absolute atomic E-state index is 0.124. The average molecular weight is 679 g/mol. The van der Waals surface area contributed by atoms with Crippen LogP contribution in [0.4, 0.5) is 0 Å². The Labute approximate surface area is 308 Å². The van der Waals surface area contributed by atoms with Gasteiger partial charge in [0.25, 0.3) is 0 Å². The molecule has 0 radical (unpaired) electrons. The smallest absolute Gasteiger partial charge is 0.0528 e. The summed E-state index contributed by atoms with van der Waals surface area (Å²) in [6.07, 6.45) is 23.0. The van der Waals surface area contributed by atoms with Crippen molar-refractivity contribution in [2.24, 2.45) is 0 Å². The van der Waals surface area contributed by atoms with Gasteiger partial charge in [0, 0.05) is 40.0 Å². The van der Waals surface area contributed by atoms with E-state index in [1.165, 1.54) is 156 Å². The van der Waals surface area contributed by atoms with Gasteiger partial charge in [0.05, 0.1) is 11.0 Å². The molecule has 0 saturated carbocycles. The van der Waals surface area contributed by atoms with Crippen LogP contribution in [0.2, 0.25) is 0 Å². The minimum Gasteiger partial charge on any atom is -0.316 e. The highest BCUT2D eigenvalue weighted by atomic mass is 15.0. The summed E-state index contributed by atoms with van der Waals surface area (Å²) < 4.78 is 4.74. The highest BCUT2D eigenvalue weighted by Gasteiger charge is 2.25. The van der Waals surface area contributed by atoms with Crippen LogP contribution in [-0.2, 0) is 18.3 Å². The first kappa shape index (κ1) is 36.7. The van der Waals surface area contributed by atoms with Crippen LogP contribution >= 0.6 is 0 Å².